The maximum Gasteiger partial charge on any atom is 0.198 e. The highest BCUT2D eigenvalue weighted by Gasteiger charge is 2.35. The van der Waals surface area contributed by atoms with Gasteiger partial charge in [0, 0.05) is 21.7 Å². The molecule has 4 rings (SSSR count). The molecular weight excluding hydrogens is 428 g/mol. The van der Waals surface area contributed by atoms with Gasteiger partial charge in [0.1, 0.15) is 17.2 Å². The lowest BCUT2D eigenvalue weighted by molar-refractivity contribution is 0.0974. The minimum absolute atomic E-state index is 0.0215. The van der Waals surface area contributed by atoms with E-state index < -0.39 is 11.6 Å². The van der Waals surface area contributed by atoms with Crippen LogP contribution in [0, 0.1) is 0 Å². The van der Waals surface area contributed by atoms with E-state index in [1.54, 1.807) is 18.2 Å². The molecule has 0 aliphatic heterocycles. The first-order valence-corrected chi connectivity index (χ1v) is 11.0. The summed E-state index contributed by atoms with van der Waals surface area (Å²) < 4.78 is 5.76. The van der Waals surface area contributed by atoms with Gasteiger partial charge in [-0.1, -0.05) is 49.9 Å². The molecule has 32 heavy (non-hydrogen) atoms. The third-order valence-corrected chi connectivity index (χ3v) is 5.85. The molecule has 6 heteroatoms. The van der Waals surface area contributed by atoms with Crippen LogP contribution in [0.4, 0.5) is 0 Å². The van der Waals surface area contributed by atoms with Crippen LogP contribution in [0.2, 0.25) is 5.02 Å². The molecule has 1 aliphatic rings. The van der Waals surface area contributed by atoms with E-state index >= 15 is 0 Å². The number of hydrogen-bond donors (Lipinski definition) is 2. The van der Waals surface area contributed by atoms with Gasteiger partial charge >= 0.3 is 0 Å². The van der Waals surface area contributed by atoms with E-state index in [9.17, 15) is 19.8 Å². The summed E-state index contributed by atoms with van der Waals surface area (Å²) in [5.74, 6) is -0.992. The Morgan fingerprint density at radius 2 is 1.50 bits per heavy atom. The van der Waals surface area contributed by atoms with Gasteiger partial charge in [-0.15, -0.1) is 0 Å². The molecule has 0 amide bonds. The summed E-state index contributed by atoms with van der Waals surface area (Å²) in [4.78, 5) is 26.0. The van der Waals surface area contributed by atoms with E-state index in [2.05, 4.69) is 6.92 Å². The summed E-state index contributed by atoms with van der Waals surface area (Å²) in [5, 5.41) is 21.2. The third kappa shape index (κ3) is 3.96. The number of ether oxygens (including phenoxy) is 1. The average molecular weight is 451 g/mol. The van der Waals surface area contributed by atoms with Crippen molar-refractivity contribution in [3.05, 3.63) is 75.8 Å². The molecule has 0 aromatic heterocycles. The predicted molar refractivity (Wildman–Crippen MR) is 123 cm³/mol. The van der Waals surface area contributed by atoms with E-state index in [0.29, 0.717) is 17.7 Å². The second kappa shape index (κ2) is 9.05. The molecule has 0 spiro atoms. The van der Waals surface area contributed by atoms with E-state index in [1.807, 2.05) is 12.1 Å². The highest BCUT2D eigenvalue weighted by atomic mass is 35.5. The first-order chi connectivity index (χ1) is 15.4. The molecule has 3 aromatic carbocycles. The lowest BCUT2D eigenvalue weighted by atomic mass is 9.81. The van der Waals surface area contributed by atoms with Crippen LogP contribution in [0.25, 0.3) is 11.1 Å². The summed E-state index contributed by atoms with van der Waals surface area (Å²) in [7, 11) is 0. The van der Waals surface area contributed by atoms with E-state index in [-0.39, 0.29) is 38.8 Å². The Morgan fingerprint density at radius 3 is 2.22 bits per heavy atom. The largest absolute Gasteiger partial charge is 0.507 e. The fraction of sp³-hybridized carbons (Fsp3) is 0.231. The number of hydrogen-bond acceptors (Lipinski definition) is 5. The summed E-state index contributed by atoms with van der Waals surface area (Å²) in [6.45, 7) is 2.81. The number of aromatic hydroxyl groups is 2. The van der Waals surface area contributed by atoms with Crippen molar-refractivity contribution in [2.75, 3.05) is 6.61 Å². The molecule has 164 valence electrons. The number of ketones is 2. The Balaban J connectivity index is 1.63. The van der Waals surface area contributed by atoms with Gasteiger partial charge in [0.15, 0.2) is 11.6 Å². The minimum atomic E-state index is -0.557. The van der Waals surface area contributed by atoms with Gasteiger partial charge in [-0.2, -0.15) is 0 Å². The zero-order valence-corrected chi connectivity index (χ0v) is 18.4. The molecule has 2 N–H and O–H groups in total. The zero-order chi connectivity index (χ0) is 22.8. The van der Waals surface area contributed by atoms with Crippen molar-refractivity contribution >= 4 is 23.2 Å². The van der Waals surface area contributed by atoms with Crippen LogP contribution in [0.5, 0.6) is 17.2 Å². The van der Waals surface area contributed by atoms with Crippen molar-refractivity contribution in [2.24, 2.45) is 0 Å². The lowest BCUT2D eigenvalue weighted by Gasteiger charge is -2.21. The highest BCUT2D eigenvalue weighted by Crippen LogP contribution is 2.42. The summed E-state index contributed by atoms with van der Waals surface area (Å²) in [5.41, 5.74) is 0.954. The molecule has 0 radical (unpaired) electrons. The topological polar surface area (TPSA) is 83.8 Å². The standard InChI is InChI=1S/C26H23ClO5/c1-2-3-4-5-12-32-17-8-6-15(7-9-17)18-10-11-19-23(24(18)29)26(31)20-13-16(27)14-21(28)22(20)25(19)30/h6-11,13-14,28-29H,2-5,12H2,1H3. The number of benzene rings is 3. The first-order valence-electron chi connectivity index (χ1n) is 10.6. The van der Waals surface area contributed by atoms with Gasteiger partial charge in [0.25, 0.3) is 0 Å². The van der Waals surface area contributed by atoms with Crippen LogP contribution in [0.3, 0.4) is 0 Å². The highest BCUT2D eigenvalue weighted by molar-refractivity contribution is 6.34. The number of unbranched alkanes of at least 4 members (excludes halogenated alkanes) is 3. The second-order valence-corrected chi connectivity index (χ2v) is 8.26. The number of halogens is 1. The molecule has 0 saturated carbocycles. The van der Waals surface area contributed by atoms with Crippen LogP contribution in [0.1, 0.15) is 64.4 Å². The Labute approximate surface area is 191 Å². The molecule has 1 aliphatic carbocycles. The van der Waals surface area contributed by atoms with Crippen LogP contribution < -0.4 is 4.74 Å². The van der Waals surface area contributed by atoms with Crippen molar-refractivity contribution in [2.45, 2.75) is 32.6 Å². The number of phenols is 2. The first kappa shape index (κ1) is 21.9. The number of carbonyl (C=O) groups excluding carboxylic acids is 2. The normalized spacial score (nSPS) is 12.4. The van der Waals surface area contributed by atoms with Crippen LogP contribution >= 0.6 is 11.6 Å². The maximum atomic E-state index is 13.1. The molecule has 3 aromatic rings. The van der Waals surface area contributed by atoms with Gasteiger partial charge in [-0.05, 0) is 48.4 Å². The van der Waals surface area contributed by atoms with Crippen molar-refractivity contribution < 1.29 is 24.5 Å². The minimum Gasteiger partial charge on any atom is -0.507 e. The fourth-order valence-corrected chi connectivity index (χ4v) is 4.18. The number of rotatable bonds is 7. The van der Waals surface area contributed by atoms with Crippen LogP contribution in [-0.2, 0) is 0 Å². The SMILES string of the molecule is CCCCCCOc1ccc(-c2ccc3c(c2O)C(=O)c2cc(Cl)cc(O)c2C3=O)cc1. The Bertz CT molecular complexity index is 1200. The molecule has 0 heterocycles. The van der Waals surface area contributed by atoms with E-state index in [4.69, 9.17) is 16.3 Å². The van der Waals surface area contributed by atoms with Gasteiger partial charge in [-0.25, -0.2) is 0 Å². The van der Waals surface area contributed by atoms with Crippen LogP contribution in [-0.4, -0.2) is 28.4 Å². The molecule has 0 atom stereocenters. The Morgan fingerprint density at radius 1 is 0.812 bits per heavy atom. The van der Waals surface area contributed by atoms with Crippen molar-refractivity contribution in [3.8, 4) is 28.4 Å². The molecule has 0 saturated heterocycles. The van der Waals surface area contributed by atoms with Crippen LogP contribution in [0.15, 0.2) is 48.5 Å². The zero-order valence-electron chi connectivity index (χ0n) is 17.7. The average Bonchev–Trinajstić information content (AvgIpc) is 2.77. The monoisotopic (exact) mass is 450 g/mol. The van der Waals surface area contributed by atoms with Gasteiger partial charge in [-0.3, -0.25) is 9.59 Å². The van der Waals surface area contributed by atoms with Crippen molar-refractivity contribution in [3.63, 3.8) is 0 Å². The van der Waals surface area contributed by atoms with Gasteiger partial charge < -0.3 is 14.9 Å². The van der Waals surface area contributed by atoms with E-state index in [1.165, 1.54) is 31.0 Å². The molecule has 5 nitrogen and oxygen atoms in total. The van der Waals surface area contributed by atoms with Gasteiger partial charge in [0.2, 0.25) is 0 Å². The number of phenolic OH excluding ortho intramolecular Hbond substituents is 2. The van der Waals surface area contributed by atoms with Crippen molar-refractivity contribution in [1.82, 2.24) is 0 Å². The molecule has 0 fully saturated rings. The summed E-state index contributed by atoms with van der Waals surface area (Å²) in [6.07, 6.45) is 4.50. The molecule has 0 unspecified atom stereocenters. The number of fused-ring (bicyclic) bond motifs is 2. The maximum absolute atomic E-state index is 13.1. The Kier molecular flexibility index (Phi) is 6.19. The molecule has 0 bridgehead atoms. The lowest BCUT2D eigenvalue weighted by Crippen LogP contribution is -2.21. The quantitative estimate of drug-likeness (QED) is 0.330. The summed E-state index contributed by atoms with van der Waals surface area (Å²) >= 11 is 5.97. The fourth-order valence-electron chi connectivity index (χ4n) is 3.97. The smallest absolute Gasteiger partial charge is 0.198 e. The second-order valence-electron chi connectivity index (χ2n) is 7.82. The molecular formula is C26H23ClO5. The van der Waals surface area contributed by atoms with Crippen molar-refractivity contribution in [1.29, 1.82) is 0 Å². The third-order valence-electron chi connectivity index (χ3n) is 5.64. The Hall–Kier alpha value is -3.31. The van der Waals surface area contributed by atoms with Gasteiger partial charge in [0.05, 0.1) is 17.7 Å². The predicted octanol–water partition coefficient (Wildman–Crippen LogP) is 6.15. The number of carbonyl (C=O) groups is 2. The summed E-state index contributed by atoms with van der Waals surface area (Å²) in [6, 6.07) is 12.9. The van der Waals surface area contributed by atoms with E-state index in [0.717, 1.165) is 18.6 Å².